The molecule has 0 saturated carbocycles. The van der Waals surface area contributed by atoms with Gasteiger partial charge in [0.15, 0.2) is 0 Å². The number of benzene rings is 1. The van der Waals surface area contributed by atoms with Gasteiger partial charge in [-0.1, -0.05) is 42.1 Å². The van der Waals surface area contributed by atoms with Crippen LogP contribution in [0, 0.1) is 11.6 Å². The molecule has 0 unspecified atom stereocenters. The summed E-state index contributed by atoms with van der Waals surface area (Å²) in [6, 6.07) is 2.58. The van der Waals surface area contributed by atoms with Crippen molar-refractivity contribution >= 4 is 28.3 Å². The fourth-order valence-corrected chi connectivity index (χ4v) is 3.36. The lowest BCUT2D eigenvalue weighted by Crippen LogP contribution is -2.45. The van der Waals surface area contributed by atoms with E-state index in [0.717, 1.165) is 51.9 Å². The summed E-state index contributed by atoms with van der Waals surface area (Å²) >= 11 is 3.15. The average Bonchev–Trinajstić information content (AvgIpc) is 2.45. The maximum Gasteiger partial charge on any atom is 0.132 e. The third-order valence-corrected chi connectivity index (χ3v) is 4.51. The van der Waals surface area contributed by atoms with Gasteiger partial charge in [-0.2, -0.15) is 0 Å². The van der Waals surface area contributed by atoms with Gasteiger partial charge in [-0.15, -0.1) is 12.4 Å². The highest BCUT2D eigenvalue weighted by atomic mass is 79.9. The van der Waals surface area contributed by atoms with Crippen molar-refractivity contribution in [3.8, 4) is 0 Å². The molecule has 2 rings (SSSR count). The molecule has 1 heterocycles. The van der Waals surface area contributed by atoms with Crippen molar-refractivity contribution in [3.05, 3.63) is 33.8 Å². The van der Waals surface area contributed by atoms with Gasteiger partial charge in [0.2, 0.25) is 0 Å². The van der Waals surface area contributed by atoms with Gasteiger partial charge in [0.1, 0.15) is 11.6 Å². The first-order chi connectivity index (χ1) is 10.1. The molecule has 0 radical (unpaired) electrons. The van der Waals surface area contributed by atoms with Crippen LogP contribution < -0.4 is 5.32 Å². The van der Waals surface area contributed by atoms with E-state index in [2.05, 4.69) is 33.1 Å². The zero-order chi connectivity index (χ0) is 15.2. The van der Waals surface area contributed by atoms with E-state index in [1.807, 2.05) is 0 Å². The number of nitrogens with zero attached hydrogens (tertiary/aromatic N) is 1. The molecule has 1 aromatic rings. The molecule has 0 bridgehead atoms. The second-order valence-corrected chi connectivity index (χ2v) is 6.50. The molecule has 22 heavy (non-hydrogen) atoms. The number of piperazine rings is 1. The maximum absolute atomic E-state index is 14.3. The van der Waals surface area contributed by atoms with E-state index in [9.17, 15) is 8.78 Å². The van der Waals surface area contributed by atoms with Crippen molar-refractivity contribution in [2.24, 2.45) is 0 Å². The first kappa shape index (κ1) is 19.8. The zero-order valence-electron chi connectivity index (χ0n) is 12.9. The van der Waals surface area contributed by atoms with Crippen LogP contribution in [0.2, 0.25) is 0 Å². The van der Waals surface area contributed by atoms with Crippen LogP contribution in [0.15, 0.2) is 16.6 Å². The van der Waals surface area contributed by atoms with Crippen LogP contribution >= 0.6 is 28.3 Å². The van der Waals surface area contributed by atoms with E-state index in [1.165, 1.54) is 12.1 Å². The molecule has 0 aromatic heterocycles. The van der Waals surface area contributed by atoms with Gasteiger partial charge in [0, 0.05) is 42.3 Å². The Bertz CT molecular complexity index is 444. The first-order valence-electron chi connectivity index (χ1n) is 7.72. The highest BCUT2D eigenvalue weighted by molar-refractivity contribution is 9.10. The molecule has 0 aliphatic carbocycles. The fraction of sp³-hybridized carbons (Fsp3) is 0.625. The van der Waals surface area contributed by atoms with Crippen LogP contribution in [0.1, 0.15) is 44.2 Å². The monoisotopic (exact) mass is 396 g/mol. The normalized spacial score (nSPS) is 17.1. The molecule has 6 heteroatoms. The SMILES string of the molecule is CCCCC[C@@H](c1c(F)cc(Br)cc1F)N1CCNCC1.Cl. The van der Waals surface area contributed by atoms with E-state index < -0.39 is 11.6 Å². The molecule has 1 aliphatic rings. The number of hydrogen-bond acceptors (Lipinski definition) is 2. The Hall–Kier alpha value is -0.230. The molecular weight excluding hydrogens is 374 g/mol. The summed E-state index contributed by atoms with van der Waals surface area (Å²) < 4.78 is 29.1. The zero-order valence-corrected chi connectivity index (χ0v) is 15.3. The van der Waals surface area contributed by atoms with Gasteiger partial charge in [0.25, 0.3) is 0 Å². The number of halogens is 4. The highest BCUT2D eigenvalue weighted by Crippen LogP contribution is 2.32. The van der Waals surface area contributed by atoms with Gasteiger partial charge >= 0.3 is 0 Å². The molecule has 1 aromatic carbocycles. The Morgan fingerprint density at radius 3 is 2.32 bits per heavy atom. The topological polar surface area (TPSA) is 15.3 Å². The van der Waals surface area contributed by atoms with Crippen molar-refractivity contribution in [1.82, 2.24) is 10.2 Å². The molecule has 0 spiro atoms. The fourth-order valence-electron chi connectivity index (χ4n) is 2.96. The Morgan fingerprint density at radius 2 is 1.77 bits per heavy atom. The lowest BCUT2D eigenvalue weighted by Gasteiger charge is -2.35. The summed E-state index contributed by atoms with van der Waals surface area (Å²) in [5, 5.41) is 3.29. The average molecular weight is 398 g/mol. The molecule has 1 N–H and O–H groups in total. The smallest absolute Gasteiger partial charge is 0.132 e. The summed E-state index contributed by atoms with van der Waals surface area (Å²) in [6.45, 7) is 5.58. The van der Waals surface area contributed by atoms with Crippen molar-refractivity contribution in [2.75, 3.05) is 26.2 Å². The minimum atomic E-state index is -0.443. The second kappa shape index (κ2) is 9.81. The Morgan fingerprint density at radius 1 is 1.18 bits per heavy atom. The molecule has 1 aliphatic heterocycles. The summed E-state index contributed by atoms with van der Waals surface area (Å²) in [4.78, 5) is 2.21. The standard InChI is InChI=1S/C16H23BrF2N2.ClH/c1-2-3-4-5-15(21-8-6-20-7-9-21)16-13(18)10-12(17)11-14(16)19;/h10-11,15,20H,2-9H2,1H3;1H/t15-;/m0./s1. The van der Waals surface area contributed by atoms with Crippen LogP contribution in [-0.4, -0.2) is 31.1 Å². The number of nitrogens with one attached hydrogen (secondary N) is 1. The molecule has 1 saturated heterocycles. The van der Waals surface area contributed by atoms with Gasteiger partial charge < -0.3 is 5.32 Å². The van der Waals surface area contributed by atoms with Crippen molar-refractivity contribution < 1.29 is 8.78 Å². The molecule has 0 amide bonds. The predicted molar refractivity (Wildman–Crippen MR) is 92.6 cm³/mol. The third kappa shape index (κ3) is 5.15. The van der Waals surface area contributed by atoms with Crippen LogP contribution in [-0.2, 0) is 0 Å². The van der Waals surface area contributed by atoms with Crippen molar-refractivity contribution in [2.45, 2.75) is 38.6 Å². The molecule has 126 valence electrons. The summed E-state index contributed by atoms with van der Waals surface area (Å²) in [6.07, 6.45) is 4.02. The highest BCUT2D eigenvalue weighted by Gasteiger charge is 2.27. The largest absolute Gasteiger partial charge is 0.314 e. The Labute approximate surface area is 146 Å². The summed E-state index contributed by atoms with van der Waals surface area (Å²) in [5.41, 5.74) is 0.233. The van der Waals surface area contributed by atoms with E-state index in [1.54, 1.807) is 0 Å². The van der Waals surface area contributed by atoms with Crippen LogP contribution in [0.25, 0.3) is 0 Å². The predicted octanol–water partition coefficient (Wildman–Crippen LogP) is 4.68. The van der Waals surface area contributed by atoms with Crippen molar-refractivity contribution in [3.63, 3.8) is 0 Å². The summed E-state index contributed by atoms with van der Waals surface area (Å²) in [7, 11) is 0. The molecule has 2 nitrogen and oxygen atoms in total. The van der Waals surface area contributed by atoms with E-state index in [-0.39, 0.29) is 24.0 Å². The van der Waals surface area contributed by atoms with E-state index in [0.29, 0.717) is 4.47 Å². The first-order valence-corrected chi connectivity index (χ1v) is 8.52. The lowest BCUT2D eigenvalue weighted by molar-refractivity contribution is 0.156. The molecule has 1 fully saturated rings. The third-order valence-electron chi connectivity index (χ3n) is 4.05. The number of unbranched alkanes of at least 4 members (excludes halogenated alkanes) is 2. The van der Waals surface area contributed by atoms with Gasteiger partial charge in [-0.05, 0) is 18.6 Å². The number of hydrogen-bond donors (Lipinski definition) is 1. The molecular formula is C16H24BrClF2N2. The number of rotatable bonds is 6. The summed E-state index contributed by atoms with van der Waals surface area (Å²) in [5.74, 6) is -0.885. The van der Waals surface area contributed by atoms with Crippen molar-refractivity contribution in [1.29, 1.82) is 0 Å². The van der Waals surface area contributed by atoms with Gasteiger partial charge in [-0.3, -0.25) is 4.90 Å². The second-order valence-electron chi connectivity index (χ2n) is 5.58. The maximum atomic E-state index is 14.3. The van der Waals surface area contributed by atoms with E-state index in [4.69, 9.17) is 0 Å². The van der Waals surface area contributed by atoms with Crippen LogP contribution in [0.4, 0.5) is 8.78 Å². The quantitative estimate of drug-likeness (QED) is 0.701. The Kier molecular flexibility index (Phi) is 8.83. The van der Waals surface area contributed by atoms with Crippen LogP contribution in [0.3, 0.4) is 0 Å². The molecule has 1 atom stereocenters. The minimum Gasteiger partial charge on any atom is -0.314 e. The van der Waals surface area contributed by atoms with Gasteiger partial charge in [0.05, 0.1) is 0 Å². The van der Waals surface area contributed by atoms with Gasteiger partial charge in [-0.25, -0.2) is 8.78 Å². The lowest BCUT2D eigenvalue weighted by atomic mass is 9.97. The Balaban J connectivity index is 0.00000242. The van der Waals surface area contributed by atoms with E-state index >= 15 is 0 Å². The van der Waals surface area contributed by atoms with Crippen LogP contribution in [0.5, 0.6) is 0 Å². The minimum absolute atomic E-state index is 0.